The third-order valence-corrected chi connectivity index (χ3v) is 1.27. The maximum atomic E-state index is 3.61. The van der Waals surface area contributed by atoms with Crippen LogP contribution in [0.1, 0.15) is 0 Å². The van der Waals surface area contributed by atoms with Gasteiger partial charge in [0.1, 0.15) is 0 Å². The molecule has 0 heterocycles. The molecule has 0 rings (SSSR count). The second kappa shape index (κ2) is 17.2. The average molecular weight is 250 g/mol. The third-order valence-electron chi connectivity index (χ3n) is 0.699. The van der Waals surface area contributed by atoms with Crippen molar-refractivity contribution >= 4 is 0 Å². The van der Waals surface area contributed by atoms with Crippen molar-refractivity contribution in [3.63, 3.8) is 0 Å². The quantitative estimate of drug-likeness (QED) is 0.354. The van der Waals surface area contributed by atoms with Gasteiger partial charge in [0, 0.05) is 0 Å². The maximum absolute atomic E-state index is 3.61. The van der Waals surface area contributed by atoms with Gasteiger partial charge in [0.2, 0.25) is 0 Å². The van der Waals surface area contributed by atoms with E-state index >= 15 is 0 Å². The van der Waals surface area contributed by atoms with Crippen molar-refractivity contribution in [3.8, 4) is 0 Å². The second-order valence-electron chi connectivity index (χ2n) is 1.48. The van der Waals surface area contributed by atoms with Gasteiger partial charge >= 0.3 is 62.5 Å². The van der Waals surface area contributed by atoms with E-state index in [0.29, 0.717) is 0 Å². The minimum atomic E-state index is 0. The van der Waals surface area contributed by atoms with Gasteiger partial charge in [0.15, 0.2) is 0 Å². The first-order chi connectivity index (χ1) is 3.81. The van der Waals surface area contributed by atoms with Crippen molar-refractivity contribution in [1.29, 1.82) is 0 Å². The molecule has 64 valence electrons. The fourth-order valence-corrected chi connectivity index (χ4v) is 0.789. The summed E-state index contributed by atoms with van der Waals surface area (Å²) in [6.45, 7) is 9.09. The Morgan fingerprint density at radius 2 is 1.27 bits per heavy atom. The van der Waals surface area contributed by atoms with E-state index in [1.807, 2.05) is 32.8 Å². The molecule has 0 aromatic heterocycles. The Bertz CT molecular complexity index is 79.9. The summed E-state index contributed by atoms with van der Waals surface area (Å²) < 4.78 is 2.12. The summed E-state index contributed by atoms with van der Waals surface area (Å²) in [5.41, 5.74) is 0. The topological polar surface area (TPSA) is 3.24 Å². The Balaban J connectivity index is -0.0000000817. The minimum absolute atomic E-state index is 0. The fraction of sp³-hybridized carbons (Fsp3) is 0.333. The van der Waals surface area contributed by atoms with Crippen LogP contribution in [0.5, 0.6) is 0 Å². The van der Waals surface area contributed by atoms with E-state index in [9.17, 15) is 0 Å². The molecule has 0 atom stereocenters. The molecular weight excluding hydrogens is 240 g/mol. The smallest absolute Gasteiger partial charge is 1.00 e. The first-order valence-corrected chi connectivity index (χ1v) is 3.19. The van der Waals surface area contributed by atoms with Crippen LogP contribution in [0.15, 0.2) is 25.3 Å². The van der Waals surface area contributed by atoms with E-state index in [1.165, 1.54) is 0 Å². The third kappa shape index (κ3) is 18.2. The summed E-state index contributed by atoms with van der Waals surface area (Å²) in [6, 6.07) is 0. The Kier molecular flexibility index (Phi) is 35.5. The number of hydrogen-bond acceptors (Lipinski definition) is 1. The summed E-state index contributed by atoms with van der Waals surface area (Å²) in [6.07, 6.45) is 3.76. The van der Waals surface area contributed by atoms with Gasteiger partial charge in [-0.25, -0.2) is 0 Å². The molecular formula is C6H10Cl3NTi. The Morgan fingerprint density at radius 3 is 1.45 bits per heavy atom. The molecule has 0 saturated heterocycles. The van der Waals surface area contributed by atoms with Gasteiger partial charge in [-0.05, 0) is 0 Å². The maximum Gasteiger partial charge on any atom is -1.00 e. The zero-order valence-electron chi connectivity index (χ0n) is 6.06. The Morgan fingerprint density at radius 1 is 1.00 bits per heavy atom. The predicted octanol–water partition coefficient (Wildman–Crippen LogP) is -7.87. The molecule has 0 aliphatic heterocycles. The fourth-order valence-electron chi connectivity index (χ4n) is 0.386. The molecule has 1 nitrogen and oxygen atoms in total. The molecule has 0 aromatic rings. The number of hydrogen-bond donors (Lipinski definition) is 0. The van der Waals surface area contributed by atoms with Gasteiger partial charge in [-0.2, -0.15) is 0 Å². The molecule has 0 saturated carbocycles. The number of nitrogens with zero attached hydrogens (tertiary/aromatic N) is 1. The summed E-state index contributed by atoms with van der Waals surface area (Å²) in [5.74, 6) is 0. The molecule has 0 aliphatic carbocycles. The van der Waals surface area contributed by atoms with Crippen LogP contribution in [-0.4, -0.2) is 16.5 Å². The summed E-state index contributed by atoms with van der Waals surface area (Å²) in [4.78, 5) is 0. The van der Waals surface area contributed by atoms with Crippen LogP contribution >= 0.6 is 0 Å². The molecule has 0 bridgehead atoms. The Hall–Kier alpha value is 1.02. The first kappa shape index (κ1) is 22.7. The number of rotatable bonds is 4. The second-order valence-corrected chi connectivity index (χ2v) is 2.47. The molecule has 0 amide bonds. The predicted molar refractivity (Wildman–Crippen MR) is 32.0 cm³/mol. The van der Waals surface area contributed by atoms with Crippen LogP contribution in [-0.2, 0) is 20.7 Å². The zero-order chi connectivity index (χ0) is 6.41. The van der Waals surface area contributed by atoms with Gasteiger partial charge in [-0.1, -0.05) is 0 Å². The molecule has 11 heavy (non-hydrogen) atoms. The van der Waals surface area contributed by atoms with E-state index in [-0.39, 0.29) is 37.2 Å². The zero-order valence-corrected chi connectivity index (χ0v) is 9.89. The van der Waals surface area contributed by atoms with E-state index in [0.717, 1.165) is 13.1 Å². The van der Waals surface area contributed by atoms with Gasteiger partial charge in [-0.15, -0.1) is 0 Å². The average Bonchev–Trinajstić information content (AvgIpc) is 1.68. The Labute approximate surface area is 99.2 Å². The van der Waals surface area contributed by atoms with Crippen LogP contribution in [0.2, 0.25) is 0 Å². The molecule has 5 heteroatoms. The van der Waals surface area contributed by atoms with Crippen molar-refractivity contribution in [1.82, 2.24) is 3.38 Å². The largest absolute Gasteiger partial charge is 1.00 e. The van der Waals surface area contributed by atoms with E-state index in [1.54, 1.807) is 0 Å². The monoisotopic (exact) mass is 249 g/mol. The number of halogens is 3. The molecule has 0 fully saturated rings. The van der Waals surface area contributed by atoms with Crippen LogP contribution < -0.4 is 37.2 Å². The summed E-state index contributed by atoms with van der Waals surface area (Å²) in [7, 11) is 0. The SMILES string of the molecule is C=CC[N]([Ti+3])CC=C.[Cl-].[Cl-].[Cl-]. The van der Waals surface area contributed by atoms with E-state index in [4.69, 9.17) is 0 Å². The van der Waals surface area contributed by atoms with Crippen molar-refractivity contribution in [2.75, 3.05) is 13.1 Å². The van der Waals surface area contributed by atoms with Crippen molar-refractivity contribution < 1.29 is 57.9 Å². The van der Waals surface area contributed by atoms with Crippen LogP contribution in [0.25, 0.3) is 0 Å². The van der Waals surface area contributed by atoms with Gasteiger partial charge in [0.05, 0.1) is 0 Å². The normalized spacial score (nSPS) is 6.82. The van der Waals surface area contributed by atoms with Crippen LogP contribution in [0.3, 0.4) is 0 Å². The molecule has 0 N–H and O–H groups in total. The molecule has 0 unspecified atom stereocenters. The van der Waals surface area contributed by atoms with Crippen molar-refractivity contribution in [2.24, 2.45) is 0 Å². The van der Waals surface area contributed by atoms with E-state index < -0.39 is 0 Å². The summed E-state index contributed by atoms with van der Waals surface area (Å²) >= 11 is 2.03. The minimum Gasteiger partial charge on any atom is -1.00 e. The molecule has 0 aliphatic rings. The van der Waals surface area contributed by atoms with Gasteiger partial charge in [-0.3, -0.25) is 0 Å². The molecule has 0 aromatic carbocycles. The van der Waals surface area contributed by atoms with Gasteiger partial charge < -0.3 is 37.2 Å². The van der Waals surface area contributed by atoms with Gasteiger partial charge in [0.25, 0.3) is 0 Å². The van der Waals surface area contributed by atoms with E-state index in [2.05, 4.69) is 16.5 Å². The molecule has 0 radical (unpaired) electrons. The summed E-state index contributed by atoms with van der Waals surface area (Å²) in [5, 5.41) is 0. The first-order valence-electron chi connectivity index (χ1n) is 2.49. The van der Waals surface area contributed by atoms with Crippen LogP contribution in [0, 0.1) is 0 Å². The van der Waals surface area contributed by atoms with Crippen LogP contribution in [0.4, 0.5) is 0 Å². The van der Waals surface area contributed by atoms with Crippen molar-refractivity contribution in [2.45, 2.75) is 0 Å². The van der Waals surface area contributed by atoms with Crippen molar-refractivity contribution in [3.05, 3.63) is 25.3 Å². The standard InChI is InChI=1S/C6H10N.3ClH.Ti/c1-3-5-7-6-4-2;;;;/h3-4H,1-2,5-6H2;3*1H;/q-1;;;;+4/p-3. The molecule has 0 spiro atoms.